The first-order valence-electron chi connectivity index (χ1n) is 11.9. The summed E-state index contributed by atoms with van der Waals surface area (Å²) in [6.45, 7) is 3.58. The Morgan fingerprint density at radius 2 is 1.78 bits per heavy atom. The first kappa shape index (κ1) is 23.0. The van der Waals surface area contributed by atoms with E-state index in [4.69, 9.17) is 18.3 Å². The van der Waals surface area contributed by atoms with E-state index >= 15 is 0 Å². The smallest absolute Gasteiger partial charge is 0.344 e. The van der Waals surface area contributed by atoms with Crippen LogP contribution in [-0.2, 0) is 13.1 Å². The van der Waals surface area contributed by atoms with Gasteiger partial charge in [0.2, 0.25) is 0 Å². The van der Waals surface area contributed by atoms with Crippen LogP contribution in [0.3, 0.4) is 0 Å². The van der Waals surface area contributed by atoms with Crippen LogP contribution in [0.1, 0.15) is 18.1 Å². The second kappa shape index (κ2) is 9.22. The molecule has 0 unspecified atom stereocenters. The Morgan fingerprint density at radius 1 is 0.946 bits per heavy atom. The third-order valence-electron chi connectivity index (χ3n) is 6.39. The van der Waals surface area contributed by atoms with Gasteiger partial charge in [-0.15, -0.1) is 0 Å². The highest BCUT2D eigenvalue weighted by atomic mass is 19.1. The van der Waals surface area contributed by atoms with Crippen LogP contribution >= 0.6 is 0 Å². The molecule has 3 aromatic carbocycles. The summed E-state index contributed by atoms with van der Waals surface area (Å²) in [6, 6.07) is 18.3. The number of halogens is 1. The zero-order chi connectivity index (χ0) is 25.5. The van der Waals surface area contributed by atoms with Crippen LogP contribution in [0.15, 0.2) is 85.2 Å². The molecule has 8 heteroatoms. The number of nitrogens with zero attached hydrogens (tertiary/aromatic N) is 1. The van der Waals surface area contributed by atoms with Gasteiger partial charge in [0, 0.05) is 35.5 Å². The first-order valence-corrected chi connectivity index (χ1v) is 11.9. The second-order valence-electron chi connectivity index (χ2n) is 8.84. The monoisotopic (exact) mass is 499 g/mol. The molecule has 0 bridgehead atoms. The van der Waals surface area contributed by atoms with E-state index in [9.17, 15) is 14.0 Å². The number of hydrogen-bond acceptors (Lipinski definition) is 7. The van der Waals surface area contributed by atoms with Crippen LogP contribution in [0.2, 0.25) is 0 Å². The van der Waals surface area contributed by atoms with Crippen molar-refractivity contribution in [3.63, 3.8) is 0 Å². The number of ether oxygens (including phenoxy) is 2. The van der Waals surface area contributed by atoms with Gasteiger partial charge < -0.3 is 18.3 Å². The molecule has 0 atom stereocenters. The number of para-hydroxylation sites is 1. The van der Waals surface area contributed by atoms with E-state index in [2.05, 4.69) is 0 Å². The first-order chi connectivity index (χ1) is 18.0. The molecular formula is C29H22FNO6. The number of benzene rings is 3. The summed E-state index contributed by atoms with van der Waals surface area (Å²) in [5.74, 6) is 0.792. The molecule has 0 N–H and O–H groups in total. The number of fused-ring (bicyclic) bond motifs is 4. The van der Waals surface area contributed by atoms with Gasteiger partial charge in [-0.1, -0.05) is 24.3 Å². The molecule has 0 saturated heterocycles. The fourth-order valence-corrected chi connectivity index (χ4v) is 4.73. The molecule has 37 heavy (non-hydrogen) atoms. The predicted octanol–water partition coefficient (Wildman–Crippen LogP) is 5.46. The van der Waals surface area contributed by atoms with Gasteiger partial charge >= 0.3 is 11.3 Å². The lowest BCUT2D eigenvalue weighted by molar-refractivity contribution is 0.0889. The van der Waals surface area contributed by atoms with Crippen molar-refractivity contribution in [2.75, 3.05) is 13.3 Å². The molecule has 0 radical (unpaired) electrons. The van der Waals surface area contributed by atoms with E-state index in [1.807, 2.05) is 30.0 Å². The Morgan fingerprint density at radius 3 is 2.59 bits per heavy atom. The Labute approximate surface area is 210 Å². The van der Waals surface area contributed by atoms with E-state index < -0.39 is 11.3 Å². The molecule has 6 rings (SSSR count). The van der Waals surface area contributed by atoms with Crippen molar-refractivity contribution in [1.29, 1.82) is 0 Å². The van der Waals surface area contributed by atoms with Crippen molar-refractivity contribution >= 4 is 21.9 Å². The zero-order valence-electron chi connectivity index (χ0n) is 20.0. The minimum absolute atomic E-state index is 0.249. The van der Waals surface area contributed by atoms with Gasteiger partial charge in [-0.2, -0.15) is 0 Å². The Bertz CT molecular complexity index is 1760. The summed E-state index contributed by atoms with van der Waals surface area (Å²) in [5, 5.41) is 1.27. The highest BCUT2D eigenvalue weighted by molar-refractivity contribution is 5.97. The maximum atomic E-state index is 13.3. The topological polar surface area (TPSA) is 82.1 Å². The molecule has 5 aromatic rings. The summed E-state index contributed by atoms with van der Waals surface area (Å²) >= 11 is 0. The van der Waals surface area contributed by atoms with Crippen LogP contribution < -0.4 is 20.7 Å². The molecule has 0 saturated carbocycles. The summed E-state index contributed by atoms with van der Waals surface area (Å²) in [6.07, 6.45) is 0. The highest BCUT2D eigenvalue weighted by Gasteiger charge is 2.24. The normalized spacial score (nSPS) is 13.5. The Balaban J connectivity index is 1.45. The molecule has 0 amide bonds. The van der Waals surface area contributed by atoms with Gasteiger partial charge in [0.25, 0.3) is 0 Å². The third kappa shape index (κ3) is 4.25. The fourth-order valence-electron chi connectivity index (χ4n) is 4.73. The van der Waals surface area contributed by atoms with Crippen molar-refractivity contribution in [2.24, 2.45) is 0 Å². The lowest BCUT2D eigenvalue weighted by atomic mass is 9.99. The summed E-state index contributed by atoms with van der Waals surface area (Å²) in [5.41, 5.74) is 1.83. The van der Waals surface area contributed by atoms with E-state index in [1.54, 1.807) is 30.3 Å². The van der Waals surface area contributed by atoms with Crippen LogP contribution in [0, 0.1) is 5.82 Å². The second-order valence-corrected chi connectivity index (χ2v) is 8.84. The SMILES string of the molecule is CCOc1cccc2cc(-c3cc(=O)oc4c5c(ccc34)OCN(Cc3ccc(F)cc3)C5)c(=O)oc12. The van der Waals surface area contributed by atoms with Crippen LogP contribution in [0.25, 0.3) is 33.1 Å². The minimum atomic E-state index is -0.589. The molecule has 186 valence electrons. The molecule has 7 nitrogen and oxygen atoms in total. The van der Waals surface area contributed by atoms with Crippen LogP contribution in [-0.4, -0.2) is 18.2 Å². The predicted molar refractivity (Wildman–Crippen MR) is 136 cm³/mol. The maximum absolute atomic E-state index is 13.3. The van der Waals surface area contributed by atoms with Gasteiger partial charge in [0.15, 0.2) is 11.3 Å². The van der Waals surface area contributed by atoms with Crippen molar-refractivity contribution in [1.82, 2.24) is 4.90 Å². The highest BCUT2D eigenvalue weighted by Crippen LogP contribution is 2.37. The lowest BCUT2D eigenvalue weighted by Crippen LogP contribution is -2.31. The fraction of sp³-hybridized carbons (Fsp3) is 0.172. The minimum Gasteiger partial charge on any atom is -0.490 e. The molecule has 1 aliphatic heterocycles. The van der Waals surface area contributed by atoms with Gasteiger partial charge in [-0.25, -0.2) is 14.0 Å². The standard InChI is InChI=1S/C29H22FNO6/c1-2-34-25-5-3-4-18-12-22(29(33)37-27(18)25)21-13-26(32)36-28-20(21)10-11-24-23(28)15-31(16-35-24)14-17-6-8-19(30)9-7-17/h3-13H,2,14-16H2,1H3. The van der Waals surface area contributed by atoms with Crippen LogP contribution in [0.5, 0.6) is 11.5 Å². The lowest BCUT2D eigenvalue weighted by Gasteiger charge is -2.29. The number of hydrogen-bond donors (Lipinski definition) is 0. The Hall–Kier alpha value is -4.43. The average molecular weight is 499 g/mol. The molecule has 0 aliphatic carbocycles. The van der Waals surface area contributed by atoms with Gasteiger partial charge in [-0.05, 0) is 48.9 Å². The quantitative estimate of drug-likeness (QED) is 0.297. The van der Waals surface area contributed by atoms with Crippen molar-refractivity contribution in [3.8, 4) is 22.6 Å². The maximum Gasteiger partial charge on any atom is 0.344 e. The molecule has 1 aliphatic rings. The third-order valence-corrected chi connectivity index (χ3v) is 6.39. The molecule has 0 fully saturated rings. The van der Waals surface area contributed by atoms with Gasteiger partial charge in [0.1, 0.15) is 23.9 Å². The summed E-state index contributed by atoms with van der Waals surface area (Å²) in [7, 11) is 0. The van der Waals surface area contributed by atoms with E-state index in [0.29, 0.717) is 71.0 Å². The zero-order valence-corrected chi connectivity index (χ0v) is 20.0. The van der Waals surface area contributed by atoms with Gasteiger partial charge in [0.05, 0.1) is 17.7 Å². The summed E-state index contributed by atoms with van der Waals surface area (Å²) < 4.78 is 36.1. The van der Waals surface area contributed by atoms with E-state index in [1.165, 1.54) is 18.2 Å². The van der Waals surface area contributed by atoms with Crippen molar-refractivity contribution < 1.29 is 22.7 Å². The Kier molecular flexibility index (Phi) is 5.73. The molecule has 0 spiro atoms. The molecule has 3 heterocycles. The average Bonchev–Trinajstić information content (AvgIpc) is 2.90. The van der Waals surface area contributed by atoms with Gasteiger partial charge in [-0.3, -0.25) is 4.90 Å². The largest absolute Gasteiger partial charge is 0.490 e. The van der Waals surface area contributed by atoms with E-state index in [-0.39, 0.29) is 11.4 Å². The number of rotatable bonds is 5. The summed E-state index contributed by atoms with van der Waals surface area (Å²) in [4.78, 5) is 27.8. The molecule has 2 aromatic heterocycles. The van der Waals surface area contributed by atoms with E-state index in [0.717, 1.165) is 5.56 Å². The molecular weight excluding hydrogens is 477 g/mol. The van der Waals surface area contributed by atoms with Crippen molar-refractivity contribution in [2.45, 2.75) is 20.0 Å². The van der Waals surface area contributed by atoms with Crippen molar-refractivity contribution in [3.05, 3.63) is 105 Å². The van der Waals surface area contributed by atoms with Crippen LogP contribution in [0.4, 0.5) is 4.39 Å².